The van der Waals surface area contributed by atoms with Crippen LogP contribution in [0.25, 0.3) is 0 Å². The van der Waals surface area contributed by atoms with Gasteiger partial charge in [-0.15, -0.1) is 0 Å². The molecule has 1 amide bonds. The average molecular weight is 355 g/mol. The second kappa shape index (κ2) is 8.17. The van der Waals surface area contributed by atoms with Crippen molar-refractivity contribution in [3.05, 3.63) is 58.1 Å². The highest BCUT2D eigenvalue weighted by Gasteiger charge is 2.11. The van der Waals surface area contributed by atoms with Crippen molar-refractivity contribution < 1.29 is 15.0 Å². The molecule has 0 bridgehead atoms. The Bertz CT molecular complexity index is 678. The maximum Gasteiger partial charge on any atom is 0.257 e. The van der Waals surface area contributed by atoms with Gasteiger partial charge < -0.3 is 20.8 Å². The zero-order valence-electron chi connectivity index (χ0n) is 12.1. The van der Waals surface area contributed by atoms with E-state index in [0.717, 1.165) is 5.69 Å². The molecule has 4 N–H and O–H groups in total. The van der Waals surface area contributed by atoms with Crippen molar-refractivity contribution in [3.8, 4) is 0 Å². The highest BCUT2D eigenvalue weighted by molar-refractivity contribution is 6.37. The van der Waals surface area contributed by atoms with E-state index in [2.05, 4.69) is 10.6 Å². The minimum atomic E-state index is -0.818. The number of anilines is 2. The molecule has 1 unspecified atom stereocenters. The summed E-state index contributed by atoms with van der Waals surface area (Å²) in [7, 11) is 0. The van der Waals surface area contributed by atoms with Crippen LogP contribution in [-0.2, 0) is 0 Å². The number of hydrogen-bond acceptors (Lipinski definition) is 4. The molecule has 0 aliphatic heterocycles. The number of hydrogen-bond donors (Lipinski definition) is 4. The standard InChI is InChI=1S/C16H16Cl2N2O3/c17-10-1-6-14(15(18)7-10)16(23)20-12-4-2-11(3-5-12)19-8-13(22)9-21/h1-7,13,19,21-22H,8-9H2,(H,20,23). The van der Waals surface area contributed by atoms with Gasteiger partial charge in [0.05, 0.1) is 23.3 Å². The molecule has 0 aliphatic carbocycles. The Labute approximate surface area is 143 Å². The summed E-state index contributed by atoms with van der Waals surface area (Å²) >= 11 is 11.8. The topological polar surface area (TPSA) is 81.6 Å². The van der Waals surface area contributed by atoms with Crippen molar-refractivity contribution in [2.45, 2.75) is 6.10 Å². The fourth-order valence-electron chi connectivity index (χ4n) is 1.84. The van der Waals surface area contributed by atoms with Crippen LogP contribution in [0.15, 0.2) is 42.5 Å². The van der Waals surface area contributed by atoms with E-state index in [1.807, 2.05) is 0 Å². The molecule has 122 valence electrons. The summed E-state index contributed by atoms with van der Waals surface area (Å²) in [5.41, 5.74) is 1.71. The summed E-state index contributed by atoms with van der Waals surface area (Å²) in [5.74, 6) is -0.330. The molecule has 5 nitrogen and oxygen atoms in total. The predicted molar refractivity (Wildman–Crippen MR) is 92.4 cm³/mol. The number of nitrogens with one attached hydrogen (secondary N) is 2. The summed E-state index contributed by atoms with van der Waals surface area (Å²) in [4.78, 5) is 12.2. The fourth-order valence-corrected chi connectivity index (χ4v) is 2.34. The normalized spacial score (nSPS) is 11.8. The molecule has 7 heteroatoms. The van der Waals surface area contributed by atoms with Gasteiger partial charge in [0.15, 0.2) is 0 Å². The maximum atomic E-state index is 12.2. The van der Waals surface area contributed by atoms with E-state index in [4.69, 9.17) is 28.3 Å². The Morgan fingerprint density at radius 1 is 1.09 bits per heavy atom. The number of halogens is 2. The van der Waals surface area contributed by atoms with Crippen molar-refractivity contribution in [1.82, 2.24) is 0 Å². The summed E-state index contributed by atoms with van der Waals surface area (Å²) in [6.07, 6.45) is -0.818. The van der Waals surface area contributed by atoms with E-state index in [1.165, 1.54) is 6.07 Å². The van der Waals surface area contributed by atoms with Crippen LogP contribution in [-0.4, -0.2) is 35.4 Å². The number of carbonyl (C=O) groups is 1. The van der Waals surface area contributed by atoms with Crippen LogP contribution in [0, 0.1) is 0 Å². The lowest BCUT2D eigenvalue weighted by molar-refractivity contribution is 0.102. The van der Waals surface area contributed by atoms with Gasteiger partial charge in [-0.05, 0) is 42.5 Å². The molecule has 0 radical (unpaired) electrons. The monoisotopic (exact) mass is 354 g/mol. The predicted octanol–water partition coefficient (Wildman–Crippen LogP) is 3.01. The smallest absolute Gasteiger partial charge is 0.257 e. The van der Waals surface area contributed by atoms with Crippen molar-refractivity contribution in [2.75, 3.05) is 23.8 Å². The second-order valence-corrected chi connectivity index (χ2v) is 5.72. The van der Waals surface area contributed by atoms with Crippen LogP contribution in [0.2, 0.25) is 10.0 Å². The fraction of sp³-hybridized carbons (Fsp3) is 0.188. The van der Waals surface area contributed by atoms with Crippen molar-refractivity contribution in [1.29, 1.82) is 0 Å². The zero-order chi connectivity index (χ0) is 16.8. The summed E-state index contributed by atoms with van der Waals surface area (Å²) in [6, 6.07) is 11.6. The number of aliphatic hydroxyl groups excluding tert-OH is 2. The Morgan fingerprint density at radius 2 is 1.74 bits per heavy atom. The minimum Gasteiger partial charge on any atom is -0.394 e. The van der Waals surface area contributed by atoms with Crippen molar-refractivity contribution in [2.24, 2.45) is 0 Å². The largest absolute Gasteiger partial charge is 0.394 e. The third-order valence-corrected chi connectivity index (χ3v) is 3.62. The van der Waals surface area contributed by atoms with Crippen LogP contribution in [0.4, 0.5) is 11.4 Å². The molecular formula is C16H16Cl2N2O3. The summed E-state index contributed by atoms with van der Waals surface area (Å²) in [6.45, 7) is -0.0639. The number of rotatable bonds is 6. The Hall–Kier alpha value is -1.79. The van der Waals surface area contributed by atoms with Gasteiger partial charge in [-0.1, -0.05) is 23.2 Å². The summed E-state index contributed by atoms with van der Waals surface area (Å²) < 4.78 is 0. The number of amides is 1. The third kappa shape index (κ3) is 5.11. The molecule has 0 fully saturated rings. The number of carbonyl (C=O) groups excluding carboxylic acids is 1. The lowest BCUT2D eigenvalue weighted by Crippen LogP contribution is -2.22. The molecule has 2 rings (SSSR count). The average Bonchev–Trinajstić information content (AvgIpc) is 2.53. The van der Waals surface area contributed by atoms with Crippen LogP contribution in [0.1, 0.15) is 10.4 Å². The lowest BCUT2D eigenvalue weighted by atomic mass is 10.2. The molecular weight excluding hydrogens is 339 g/mol. The Balaban J connectivity index is 1.99. The molecule has 23 heavy (non-hydrogen) atoms. The molecule has 1 atom stereocenters. The van der Waals surface area contributed by atoms with Crippen LogP contribution >= 0.6 is 23.2 Å². The molecule has 0 aromatic heterocycles. The molecule has 0 spiro atoms. The first-order valence-electron chi connectivity index (χ1n) is 6.89. The van der Waals surface area contributed by atoms with Gasteiger partial charge in [0.2, 0.25) is 0 Å². The van der Waals surface area contributed by atoms with E-state index >= 15 is 0 Å². The molecule has 0 heterocycles. The third-order valence-electron chi connectivity index (χ3n) is 3.07. The van der Waals surface area contributed by atoms with Crippen molar-refractivity contribution >= 4 is 40.5 Å². The number of aliphatic hydroxyl groups is 2. The van der Waals surface area contributed by atoms with Crippen LogP contribution in [0.5, 0.6) is 0 Å². The first-order valence-corrected chi connectivity index (χ1v) is 7.64. The first-order chi connectivity index (χ1) is 11.0. The van der Waals surface area contributed by atoms with E-state index in [1.54, 1.807) is 36.4 Å². The molecule has 0 aliphatic rings. The number of benzene rings is 2. The van der Waals surface area contributed by atoms with Gasteiger partial charge in [0.25, 0.3) is 5.91 Å². The van der Waals surface area contributed by atoms with E-state index < -0.39 is 6.10 Å². The SMILES string of the molecule is O=C(Nc1ccc(NCC(O)CO)cc1)c1ccc(Cl)cc1Cl. The quantitative estimate of drug-likeness (QED) is 0.642. The molecule has 0 saturated heterocycles. The second-order valence-electron chi connectivity index (χ2n) is 4.87. The van der Waals surface area contributed by atoms with Gasteiger partial charge >= 0.3 is 0 Å². The maximum absolute atomic E-state index is 12.2. The lowest BCUT2D eigenvalue weighted by Gasteiger charge is -2.11. The van der Waals surface area contributed by atoms with Gasteiger partial charge in [-0.25, -0.2) is 0 Å². The van der Waals surface area contributed by atoms with E-state index in [9.17, 15) is 9.90 Å². The molecule has 2 aromatic carbocycles. The van der Waals surface area contributed by atoms with Gasteiger partial charge in [-0.3, -0.25) is 4.79 Å². The zero-order valence-corrected chi connectivity index (χ0v) is 13.6. The summed E-state index contributed by atoms with van der Waals surface area (Å²) in [5, 5.41) is 24.5. The first kappa shape index (κ1) is 17.6. The van der Waals surface area contributed by atoms with Crippen molar-refractivity contribution in [3.63, 3.8) is 0 Å². The molecule has 2 aromatic rings. The highest BCUT2D eigenvalue weighted by Crippen LogP contribution is 2.22. The van der Waals surface area contributed by atoms with Gasteiger partial charge in [0.1, 0.15) is 0 Å². The Kier molecular flexibility index (Phi) is 6.24. The highest BCUT2D eigenvalue weighted by atomic mass is 35.5. The van der Waals surface area contributed by atoms with Gasteiger partial charge in [-0.2, -0.15) is 0 Å². The minimum absolute atomic E-state index is 0.239. The van der Waals surface area contributed by atoms with Gasteiger partial charge in [0, 0.05) is 22.9 Å². The van der Waals surface area contributed by atoms with Crippen LogP contribution < -0.4 is 10.6 Å². The van der Waals surface area contributed by atoms with Crippen LogP contribution in [0.3, 0.4) is 0 Å². The Morgan fingerprint density at radius 3 is 2.35 bits per heavy atom. The van der Waals surface area contributed by atoms with E-state index in [-0.39, 0.29) is 24.1 Å². The molecule has 0 saturated carbocycles. The van der Waals surface area contributed by atoms with E-state index in [0.29, 0.717) is 16.3 Å².